The monoisotopic (exact) mass is 205 g/mol. The Morgan fingerprint density at radius 1 is 1.40 bits per heavy atom. The van der Waals surface area contributed by atoms with Crippen molar-refractivity contribution in [2.24, 2.45) is 5.73 Å². The fraction of sp³-hybridized carbons (Fsp3) is 0.364. The topological polar surface area (TPSA) is 58.4 Å². The quantitative estimate of drug-likeness (QED) is 0.740. The van der Waals surface area contributed by atoms with Gasteiger partial charge in [-0.1, -0.05) is 0 Å². The average molecular weight is 205 g/mol. The van der Waals surface area contributed by atoms with Crippen molar-refractivity contribution < 1.29 is 4.79 Å². The van der Waals surface area contributed by atoms with Crippen LogP contribution in [0.5, 0.6) is 0 Å². The van der Waals surface area contributed by atoms with E-state index in [1.165, 1.54) is 0 Å². The normalized spacial score (nSPS) is 16.2. The maximum Gasteiger partial charge on any atom is 0.248 e. The van der Waals surface area contributed by atoms with Crippen molar-refractivity contribution in [2.45, 2.75) is 6.04 Å². The number of nitrogens with two attached hydrogens (primary N) is 1. The lowest BCUT2D eigenvalue weighted by Gasteiger charge is -2.40. The molecule has 1 aliphatic heterocycles. The van der Waals surface area contributed by atoms with E-state index in [9.17, 15) is 4.79 Å². The van der Waals surface area contributed by atoms with Crippen LogP contribution >= 0.6 is 0 Å². The van der Waals surface area contributed by atoms with Crippen LogP contribution in [0.25, 0.3) is 0 Å². The summed E-state index contributed by atoms with van der Waals surface area (Å²) in [6.45, 7) is 2.04. The van der Waals surface area contributed by atoms with Gasteiger partial charge in [-0.05, 0) is 31.3 Å². The number of nitrogens with zero attached hydrogens (tertiary/aromatic N) is 1. The van der Waals surface area contributed by atoms with Gasteiger partial charge in [-0.25, -0.2) is 0 Å². The molecule has 0 aromatic heterocycles. The van der Waals surface area contributed by atoms with E-state index in [2.05, 4.69) is 10.2 Å². The highest BCUT2D eigenvalue weighted by atomic mass is 16.1. The van der Waals surface area contributed by atoms with Crippen molar-refractivity contribution in [2.75, 3.05) is 25.0 Å². The van der Waals surface area contributed by atoms with Gasteiger partial charge in [0.1, 0.15) is 0 Å². The minimum atomic E-state index is -0.377. The van der Waals surface area contributed by atoms with Crippen LogP contribution in [0, 0.1) is 0 Å². The lowest BCUT2D eigenvalue weighted by atomic mass is 10.1. The Morgan fingerprint density at radius 3 is 2.47 bits per heavy atom. The molecular formula is C11H15N3O. The van der Waals surface area contributed by atoms with E-state index >= 15 is 0 Å². The molecule has 0 unspecified atom stereocenters. The predicted molar refractivity (Wildman–Crippen MR) is 60.0 cm³/mol. The molecule has 0 bridgehead atoms. The SMILES string of the molecule is CNC1CN(c2ccc(C(N)=O)cc2)C1. The minimum absolute atomic E-state index is 0.377. The number of hydrogen-bond donors (Lipinski definition) is 2. The van der Waals surface area contributed by atoms with E-state index in [0.29, 0.717) is 11.6 Å². The third-order valence-corrected chi connectivity index (χ3v) is 2.81. The summed E-state index contributed by atoms with van der Waals surface area (Å²) < 4.78 is 0. The molecule has 3 N–H and O–H groups in total. The third-order valence-electron chi connectivity index (χ3n) is 2.81. The van der Waals surface area contributed by atoms with E-state index in [-0.39, 0.29) is 5.91 Å². The lowest BCUT2D eigenvalue weighted by molar-refractivity contribution is 0.100. The first-order valence-electron chi connectivity index (χ1n) is 5.03. The number of rotatable bonds is 3. The Labute approximate surface area is 89.1 Å². The van der Waals surface area contributed by atoms with Crippen LogP contribution in [0.15, 0.2) is 24.3 Å². The fourth-order valence-corrected chi connectivity index (χ4v) is 1.71. The van der Waals surface area contributed by atoms with E-state index in [0.717, 1.165) is 18.8 Å². The van der Waals surface area contributed by atoms with Gasteiger partial charge in [0, 0.05) is 30.4 Å². The number of carbonyl (C=O) groups is 1. The van der Waals surface area contributed by atoms with E-state index in [1.54, 1.807) is 12.1 Å². The number of likely N-dealkylation sites (N-methyl/N-ethyl adjacent to an activating group) is 1. The second kappa shape index (κ2) is 3.90. The maximum atomic E-state index is 10.9. The summed E-state index contributed by atoms with van der Waals surface area (Å²) in [5.41, 5.74) is 6.87. The van der Waals surface area contributed by atoms with Gasteiger partial charge in [0.2, 0.25) is 5.91 Å². The van der Waals surface area contributed by atoms with Gasteiger partial charge < -0.3 is 16.0 Å². The van der Waals surface area contributed by atoms with Crippen molar-refractivity contribution in [3.63, 3.8) is 0 Å². The summed E-state index contributed by atoms with van der Waals surface area (Å²) in [5, 5.41) is 3.21. The van der Waals surface area contributed by atoms with Gasteiger partial charge in [0.25, 0.3) is 0 Å². The highest BCUT2D eigenvalue weighted by Gasteiger charge is 2.24. The Hall–Kier alpha value is -1.55. The number of anilines is 1. The van der Waals surface area contributed by atoms with Crippen molar-refractivity contribution in [1.82, 2.24) is 5.32 Å². The van der Waals surface area contributed by atoms with Gasteiger partial charge in [0.05, 0.1) is 0 Å². The van der Waals surface area contributed by atoms with Crippen LogP contribution in [-0.2, 0) is 0 Å². The Morgan fingerprint density at radius 2 is 2.00 bits per heavy atom. The molecular weight excluding hydrogens is 190 g/mol. The zero-order chi connectivity index (χ0) is 10.8. The van der Waals surface area contributed by atoms with Gasteiger partial charge in [-0.3, -0.25) is 4.79 Å². The summed E-state index contributed by atoms with van der Waals surface area (Å²) in [7, 11) is 1.97. The fourth-order valence-electron chi connectivity index (χ4n) is 1.71. The highest BCUT2D eigenvalue weighted by molar-refractivity contribution is 5.93. The van der Waals surface area contributed by atoms with Crippen molar-refractivity contribution in [3.8, 4) is 0 Å². The Bertz CT molecular complexity index is 355. The lowest BCUT2D eigenvalue weighted by Crippen LogP contribution is -2.57. The van der Waals surface area contributed by atoms with Crippen LogP contribution in [-0.4, -0.2) is 32.1 Å². The van der Waals surface area contributed by atoms with E-state index in [4.69, 9.17) is 5.73 Å². The van der Waals surface area contributed by atoms with Crippen molar-refractivity contribution in [1.29, 1.82) is 0 Å². The zero-order valence-electron chi connectivity index (χ0n) is 8.73. The number of primary amides is 1. The summed E-state index contributed by atoms with van der Waals surface area (Å²) in [6, 6.07) is 7.99. The molecule has 4 nitrogen and oxygen atoms in total. The van der Waals surface area contributed by atoms with Crippen molar-refractivity contribution in [3.05, 3.63) is 29.8 Å². The molecule has 1 aliphatic rings. The van der Waals surface area contributed by atoms with Crippen LogP contribution in [0.4, 0.5) is 5.69 Å². The summed E-state index contributed by atoms with van der Waals surface area (Å²) in [6.07, 6.45) is 0. The molecule has 2 rings (SSSR count). The molecule has 1 saturated heterocycles. The molecule has 0 atom stereocenters. The molecule has 4 heteroatoms. The number of amides is 1. The highest BCUT2D eigenvalue weighted by Crippen LogP contribution is 2.20. The van der Waals surface area contributed by atoms with Crippen LogP contribution < -0.4 is 16.0 Å². The molecule has 0 aliphatic carbocycles. The van der Waals surface area contributed by atoms with Gasteiger partial charge in [0.15, 0.2) is 0 Å². The summed E-state index contributed by atoms with van der Waals surface area (Å²) >= 11 is 0. The maximum absolute atomic E-state index is 10.9. The second-order valence-corrected chi connectivity index (χ2v) is 3.80. The number of hydrogen-bond acceptors (Lipinski definition) is 3. The molecule has 0 radical (unpaired) electrons. The first-order valence-corrected chi connectivity index (χ1v) is 5.03. The average Bonchev–Trinajstić information content (AvgIpc) is 2.17. The first-order chi connectivity index (χ1) is 7.20. The molecule has 1 aromatic rings. The van der Waals surface area contributed by atoms with Crippen molar-refractivity contribution >= 4 is 11.6 Å². The largest absolute Gasteiger partial charge is 0.368 e. The van der Waals surface area contributed by atoms with Crippen LogP contribution in [0.3, 0.4) is 0 Å². The molecule has 0 saturated carbocycles. The molecule has 1 fully saturated rings. The summed E-state index contributed by atoms with van der Waals surface area (Å²) in [4.78, 5) is 13.1. The molecule has 1 heterocycles. The van der Waals surface area contributed by atoms with E-state index < -0.39 is 0 Å². The first kappa shape index (κ1) is 9.98. The second-order valence-electron chi connectivity index (χ2n) is 3.80. The number of nitrogens with one attached hydrogen (secondary N) is 1. The number of benzene rings is 1. The van der Waals surface area contributed by atoms with Gasteiger partial charge in [-0.15, -0.1) is 0 Å². The Balaban J connectivity index is 2.02. The smallest absolute Gasteiger partial charge is 0.248 e. The van der Waals surface area contributed by atoms with Crippen LogP contribution in [0.2, 0.25) is 0 Å². The van der Waals surface area contributed by atoms with E-state index in [1.807, 2.05) is 19.2 Å². The molecule has 15 heavy (non-hydrogen) atoms. The van der Waals surface area contributed by atoms with Gasteiger partial charge in [-0.2, -0.15) is 0 Å². The minimum Gasteiger partial charge on any atom is -0.368 e. The Kier molecular flexibility index (Phi) is 2.60. The van der Waals surface area contributed by atoms with Crippen LogP contribution in [0.1, 0.15) is 10.4 Å². The number of carbonyl (C=O) groups excluding carboxylic acids is 1. The summed E-state index contributed by atoms with van der Waals surface area (Å²) in [5.74, 6) is -0.377. The predicted octanol–water partition coefficient (Wildman–Crippen LogP) is 0.193. The molecule has 1 amide bonds. The zero-order valence-corrected chi connectivity index (χ0v) is 8.73. The van der Waals surface area contributed by atoms with Gasteiger partial charge >= 0.3 is 0 Å². The standard InChI is InChI=1S/C11H15N3O/c1-13-9-6-14(7-9)10-4-2-8(3-5-10)11(12)15/h2-5,9,13H,6-7H2,1H3,(H2,12,15). The molecule has 0 spiro atoms. The third kappa shape index (κ3) is 1.94. The molecule has 80 valence electrons. The molecule has 1 aromatic carbocycles.